The van der Waals surface area contributed by atoms with Crippen LogP contribution in [0.4, 0.5) is 0 Å². The first kappa shape index (κ1) is 19.2. The summed E-state index contributed by atoms with van der Waals surface area (Å²) in [6.07, 6.45) is 5.89. The maximum absolute atomic E-state index is 9.93. The lowest BCUT2D eigenvalue weighted by molar-refractivity contribution is -0.137. The van der Waals surface area contributed by atoms with E-state index in [1.165, 1.54) is 0 Å². The number of unbranched alkanes of at least 4 members (excludes halogenated alkanes) is 4. The van der Waals surface area contributed by atoms with Gasteiger partial charge in [-0.25, -0.2) is 0 Å². The number of carboxylic acid groups (broad SMARTS) is 1. The third kappa shape index (κ3) is 24.2. The number of carboxylic acids is 1. The van der Waals surface area contributed by atoms with E-state index in [2.05, 4.69) is 4.74 Å². The minimum atomic E-state index is -0.716. The first-order chi connectivity index (χ1) is 8.68. The molecule has 0 rings (SSSR count). The number of aliphatic carboxylic acids is 1. The van der Waals surface area contributed by atoms with Gasteiger partial charge in [0.2, 0.25) is 0 Å². The Bertz CT molecular complexity index is 189. The number of hydrogen-bond donors (Lipinski definition) is 3. The summed E-state index contributed by atoms with van der Waals surface area (Å²) < 4.78 is 4.46. The van der Waals surface area contributed by atoms with E-state index in [1.807, 2.05) is 0 Å². The fourth-order valence-corrected chi connectivity index (χ4v) is 1.15. The van der Waals surface area contributed by atoms with Crippen molar-refractivity contribution in [3.8, 4) is 0 Å². The topological polar surface area (TPSA) is 116 Å². The van der Waals surface area contributed by atoms with E-state index < -0.39 is 5.97 Å². The van der Waals surface area contributed by atoms with E-state index >= 15 is 0 Å². The second-order valence-electron chi connectivity index (χ2n) is 3.81. The van der Waals surface area contributed by atoms with E-state index in [0.29, 0.717) is 19.6 Å². The molecule has 0 atom stereocenters. The van der Waals surface area contributed by atoms with E-state index in [0.717, 1.165) is 45.1 Å². The summed E-state index contributed by atoms with van der Waals surface area (Å²) >= 11 is 0. The molecule has 0 unspecified atom stereocenters. The van der Waals surface area contributed by atoms with Gasteiger partial charge in [0.1, 0.15) is 0 Å². The number of nitrogens with two attached hydrogens (primary N) is 2. The zero-order valence-corrected chi connectivity index (χ0v) is 11.0. The fraction of sp³-hybridized carbons (Fsp3) is 0.833. The third-order valence-electron chi connectivity index (χ3n) is 2.13. The van der Waals surface area contributed by atoms with Crippen molar-refractivity contribution in [2.75, 3.05) is 19.7 Å². The van der Waals surface area contributed by atoms with Crippen molar-refractivity contribution < 1.29 is 19.4 Å². The smallest absolute Gasteiger partial charge is 0.303 e. The zero-order valence-electron chi connectivity index (χ0n) is 11.0. The summed E-state index contributed by atoms with van der Waals surface area (Å²) in [6, 6.07) is 0. The summed E-state index contributed by atoms with van der Waals surface area (Å²) in [4.78, 5) is 19.5. The van der Waals surface area contributed by atoms with Gasteiger partial charge in [-0.1, -0.05) is 6.42 Å². The molecule has 0 amide bonds. The molecule has 6 heteroatoms. The van der Waals surface area contributed by atoms with Crippen molar-refractivity contribution >= 4 is 12.4 Å². The molecule has 5 N–H and O–H groups in total. The molecule has 108 valence electrons. The van der Waals surface area contributed by atoms with Gasteiger partial charge in [0.15, 0.2) is 0 Å². The average molecular weight is 262 g/mol. The van der Waals surface area contributed by atoms with Gasteiger partial charge in [-0.05, 0) is 45.2 Å². The van der Waals surface area contributed by atoms with Crippen LogP contribution in [0.3, 0.4) is 0 Å². The van der Waals surface area contributed by atoms with Crippen LogP contribution < -0.4 is 11.5 Å². The van der Waals surface area contributed by atoms with Crippen LogP contribution >= 0.6 is 0 Å². The van der Waals surface area contributed by atoms with Crippen LogP contribution in [0.5, 0.6) is 0 Å². The molecule has 0 spiro atoms. The van der Waals surface area contributed by atoms with Gasteiger partial charge in [0.25, 0.3) is 6.47 Å². The summed E-state index contributed by atoms with van der Waals surface area (Å²) in [5.41, 5.74) is 10.4. The van der Waals surface area contributed by atoms with Crippen molar-refractivity contribution in [3.63, 3.8) is 0 Å². The summed E-state index contributed by atoms with van der Waals surface area (Å²) in [7, 11) is 0. The van der Waals surface area contributed by atoms with E-state index in [9.17, 15) is 9.59 Å². The molecule has 0 aromatic heterocycles. The van der Waals surface area contributed by atoms with Crippen molar-refractivity contribution in [1.29, 1.82) is 0 Å². The lowest BCUT2D eigenvalue weighted by atomic mass is 10.2. The number of ether oxygens (including phenoxy) is 1. The molecule has 0 fully saturated rings. The Morgan fingerprint density at radius 2 is 1.56 bits per heavy atom. The molecule has 0 saturated heterocycles. The Kier molecular flexibility index (Phi) is 19.5. The average Bonchev–Trinajstić information content (AvgIpc) is 2.35. The van der Waals surface area contributed by atoms with E-state index in [-0.39, 0.29) is 6.42 Å². The number of carbonyl (C=O) groups excluding carboxylic acids is 1. The van der Waals surface area contributed by atoms with Gasteiger partial charge in [0.05, 0.1) is 6.61 Å². The van der Waals surface area contributed by atoms with Gasteiger partial charge in [0, 0.05) is 6.42 Å². The van der Waals surface area contributed by atoms with Crippen LogP contribution in [0.1, 0.15) is 44.9 Å². The SMILES string of the molecule is NCCCCCC(=O)O.NCCCCCOC=O. The Balaban J connectivity index is 0. The van der Waals surface area contributed by atoms with Crippen LogP contribution in [0.25, 0.3) is 0 Å². The van der Waals surface area contributed by atoms with Crippen molar-refractivity contribution in [2.45, 2.75) is 44.9 Å². The zero-order chi connectivity index (χ0) is 14.1. The van der Waals surface area contributed by atoms with Crippen LogP contribution in [0, 0.1) is 0 Å². The lowest BCUT2D eigenvalue weighted by Crippen LogP contribution is -1.99. The molecule has 18 heavy (non-hydrogen) atoms. The molecule has 0 heterocycles. The van der Waals surface area contributed by atoms with Crippen LogP contribution in [0.2, 0.25) is 0 Å². The van der Waals surface area contributed by atoms with Gasteiger partial charge in [-0.3, -0.25) is 9.59 Å². The molecule has 0 aliphatic rings. The van der Waals surface area contributed by atoms with E-state index in [4.69, 9.17) is 16.6 Å². The molecule has 6 nitrogen and oxygen atoms in total. The number of carbonyl (C=O) groups is 2. The highest BCUT2D eigenvalue weighted by atomic mass is 16.5. The molecule has 0 aromatic carbocycles. The third-order valence-corrected chi connectivity index (χ3v) is 2.13. The standard InChI is InChI=1S/2C6H13NO2/c7-4-2-1-3-5-9-6-8;7-5-3-1-2-4-6(8)9/h6H,1-5,7H2;1-5,7H2,(H,8,9). The quantitative estimate of drug-likeness (QED) is 0.376. The van der Waals surface area contributed by atoms with Gasteiger partial charge >= 0.3 is 5.97 Å². The lowest BCUT2D eigenvalue weighted by Gasteiger charge is -1.95. The highest BCUT2D eigenvalue weighted by Gasteiger charge is 1.94. The second-order valence-corrected chi connectivity index (χ2v) is 3.81. The molecular formula is C12H26N2O4. The Morgan fingerprint density at radius 3 is 2.00 bits per heavy atom. The summed E-state index contributed by atoms with van der Waals surface area (Å²) in [5.74, 6) is -0.716. The normalized spacial score (nSPS) is 9.22. The largest absolute Gasteiger partial charge is 0.481 e. The van der Waals surface area contributed by atoms with Gasteiger partial charge < -0.3 is 21.3 Å². The molecular weight excluding hydrogens is 236 g/mol. The van der Waals surface area contributed by atoms with Crippen LogP contribution in [-0.2, 0) is 14.3 Å². The molecule has 0 radical (unpaired) electrons. The molecule has 0 bridgehead atoms. The Morgan fingerprint density at radius 1 is 1.00 bits per heavy atom. The minimum absolute atomic E-state index is 0.278. The summed E-state index contributed by atoms with van der Waals surface area (Å²) in [5, 5.41) is 8.18. The highest BCUT2D eigenvalue weighted by Crippen LogP contribution is 1.97. The van der Waals surface area contributed by atoms with Crippen molar-refractivity contribution in [1.82, 2.24) is 0 Å². The molecule has 0 aromatic rings. The minimum Gasteiger partial charge on any atom is -0.481 e. The fourth-order valence-electron chi connectivity index (χ4n) is 1.15. The van der Waals surface area contributed by atoms with Crippen LogP contribution in [-0.4, -0.2) is 37.2 Å². The Labute approximate surface area is 109 Å². The number of hydrogen-bond acceptors (Lipinski definition) is 5. The monoisotopic (exact) mass is 262 g/mol. The maximum Gasteiger partial charge on any atom is 0.303 e. The summed E-state index contributed by atoms with van der Waals surface area (Å²) in [6.45, 7) is 2.40. The number of rotatable bonds is 11. The van der Waals surface area contributed by atoms with Gasteiger partial charge in [-0.15, -0.1) is 0 Å². The predicted octanol–water partition coefficient (Wildman–Crippen LogP) is 0.878. The van der Waals surface area contributed by atoms with Crippen molar-refractivity contribution in [3.05, 3.63) is 0 Å². The maximum atomic E-state index is 9.93. The second kappa shape index (κ2) is 18.2. The van der Waals surface area contributed by atoms with Gasteiger partial charge in [-0.2, -0.15) is 0 Å². The van der Waals surface area contributed by atoms with Crippen molar-refractivity contribution in [2.24, 2.45) is 11.5 Å². The van der Waals surface area contributed by atoms with Crippen LogP contribution in [0.15, 0.2) is 0 Å². The Hall–Kier alpha value is -1.14. The predicted molar refractivity (Wildman–Crippen MR) is 70.1 cm³/mol. The van der Waals surface area contributed by atoms with E-state index in [1.54, 1.807) is 0 Å². The molecule has 0 aliphatic heterocycles. The first-order valence-electron chi connectivity index (χ1n) is 6.36. The highest BCUT2D eigenvalue weighted by molar-refractivity contribution is 5.66. The molecule has 0 saturated carbocycles. The first-order valence-corrected chi connectivity index (χ1v) is 6.36. The molecule has 0 aliphatic carbocycles.